The van der Waals surface area contributed by atoms with Crippen LogP contribution >= 0.6 is 23.4 Å². The molecule has 2 amide bonds. The van der Waals surface area contributed by atoms with E-state index in [-0.39, 0.29) is 21.9 Å². The number of imide groups is 1. The van der Waals surface area contributed by atoms with Gasteiger partial charge < -0.3 is 5.11 Å². The van der Waals surface area contributed by atoms with Crippen molar-refractivity contribution in [3.63, 3.8) is 0 Å². The molecule has 1 saturated heterocycles. The number of rotatable bonds is 2. The van der Waals surface area contributed by atoms with Crippen LogP contribution in [-0.4, -0.2) is 21.5 Å². The summed E-state index contributed by atoms with van der Waals surface area (Å²) in [4.78, 5) is 22.2. The van der Waals surface area contributed by atoms with Crippen molar-refractivity contribution in [2.45, 2.75) is 11.7 Å². The molecule has 1 atom stereocenters. The van der Waals surface area contributed by atoms with Gasteiger partial charge in [0, 0.05) is 0 Å². The number of amides is 2. The van der Waals surface area contributed by atoms with E-state index in [1.165, 1.54) is 6.07 Å². The smallest absolute Gasteiger partial charge is 0.286 e. The fraction of sp³-hybridized carbons (Fsp3) is 0.200. The number of thioether (sulfide) groups is 1. The fourth-order valence-electron chi connectivity index (χ4n) is 1.42. The van der Waals surface area contributed by atoms with Crippen molar-refractivity contribution in [3.8, 4) is 5.75 Å². The third-order valence-corrected chi connectivity index (χ3v) is 3.48. The topological polar surface area (TPSA) is 66.4 Å². The quantitative estimate of drug-likeness (QED) is 0.850. The second-order valence-corrected chi connectivity index (χ2v) is 4.96. The summed E-state index contributed by atoms with van der Waals surface area (Å²) in [7, 11) is 0. The largest absolute Gasteiger partial charge is 0.506 e. The summed E-state index contributed by atoms with van der Waals surface area (Å²) >= 11 is 6.71. The predicted octanol–water partition coefficient (Wildman–Crippen LogP) is 1.94. The molecule has 1 aromatic carbocycles. The summed E-state index contributed by atoms with van der Waals surface area (Å²) in [5.74, 6) is -0.274. The summed E-state index contributed by atoms with van der Waals surface area (Å²) in [6, 6.07) is 4.74. The highest BCUT2D eigenvalue weighted by Gasteiger charge is 2.31. The molecule has 0 aromatic heterocycles. The Hall–Kier alpha value is -1.20. The average Bonchev–Trinajstić information content (AvgIpc) is 2.51. The lowest BCUT2D eigenvalue weighted by atomic mass is 10.1. The molecule has 2 N–H and O–H groups in total. The van der Waals surface area contributed by atoms with Gasteiger partial charge in [-0.2, -0.15) is 0 Å². The molecule has 0 spiro atoms. The van der Waals surface area contributed by atoms with Gasteiger partial charge in [-0.1, -0.05) is 29.4 Å². The number of hydrogen-bond acceptors (Lipinski definition) is 4. The lowest BCUT2D eigenvalue weighted by molar-refractivity contribution is -0.118. The van der Waals surface area contributed by atoms with E-state index in [2.05, 4.69) is 5.32 Å². The standard InChI is InChI=1S/C10H8ClNO3S/c11-6-3-5(1-2-7(6)13)4-8-9(14)12-10(15)16-8/h1-3,8,13H,4H2,(H,12,14,15)/t8-/m1/s1. The number of carbonyl (C=O) groups is 2. The minimum atomic E-state index is -0.409. The van der Waals surface area contributed by atoms with Gasteiger partial charge in [-0.05, 0) is 24.1 Å². The molecule has 0 unspecified atom stereocenters. The molecule has 16 heavy (non-hydrogen) atoms. The third kappa shape index (κ3) is 2.31. The van der Waals surface area contributed by atoms with Crippen molar-refractivity contribution in [1.82, 2.24) is 5.32 Å². The minimum absolute atomic E-state index is 0.00465. The van der Waals surface area contributed by atoms with Gasteiger partial charge in [0.05, 0.1) is 10.3 Å². The molecule has 1 aliphatic rings. The van der Waals surface area contributed by atoms with Crippen molar-refractivity contribution in [1.29, 1.82) is 0 Å². The normalized spacial score (nSPS) is 19.9. The van der Waals surface area contributed by atoms with Crippen LogP contribution in [0.4, 0.5) is 4.79 Å². The Morgan fingerprint density at radius 2 is 2.19 bits per heavy atom. The third-order valence-electron chi connectivity index (χ3n) is 2.20. The molecule has 1 fully saturated rings. The highest BCUT2D eigenvalue weighted by molar-refractivity contribution is 8.15. The molecule has 1 aromatic rings. The first kappa shape index (κ1) is 11.3. The zero-order valence-electron chi connectivity index (χ0n) is 8.07. The highest BCUT2D eigenvalue weighted by atomic mass is 35.5. The van der Waals surface area contributed by atoms with Crippen LogP contribution in [-0.2, 0) is 11.2 Å². The zero-order chi connectivity index (χ0) is 11.7. The Morgan fingerprint density at radius 3 is 2.75 bits per heavy atom. The van der Waals surface area contributed by atoms with Gasteiger partial charge in [-0.3, -0.25) is 14.9 Å². The number of halogens is 1. The molecule has 0 aliphatic carbocycles. The number of phenolic OH excluding ortho intramolecular Hbond substituents is 1. The lowest BCUT2D eigenvalue weighted by Gasteiger charge is -2.06. The second-order valence-electron chi connectivity index (χ2n) is 3.37. The van der Waals surface area contributed by atoms with Crippen LogP contribution in [0, 0.1) is 0 Å². The Balaban J connectivity index is 2.12. The molecule has 1 heterocycles. The van der Waals surface area contributed by atoms with Crippen molar-refractivity contribution in [3.05, 3.63) is 28.8 Å². The van der Waals surface area contributed by atoms with Crippen LogP contribution in [0.1, 0.15) is 5.56 Å². The maximum Gasteiger partial charge on any atom is 0.286 e. The molecule has 84 valence electrons. The Morgan fingerprint density at radius 1 is 1.44 bits per heavy atom. The molecule has 4 nitrogen and oxygen atoms in total. The van der Waals surface area contributed by atoms with Gasteiger partial charge in [-0.15, -0.1) is 0 Å². The van der Waals surface area contributed by atoms with Crippen LogP contribution < -0.4 is 5.32 Å². The average molecular weight is 258 g/mol. The molecular formula is C10H8ClNO3S. The van der Waals surface area contributed by atoms with Crippen LogP contribution in [0.5, 0.6) is 5.75 Å². The first-order valence-corrected chi connectivity index (χ1v) is 5.81. The lowest BCUT2D eigenvalue weighted by Crippen LogP contribution is -2.25. The van der Waals surface area contributed by atoms with E-state index in [0.717, 1.165) is 17.3 Å². The Kier molecular flexibility index (Phi) is 3.07. The van der Waals surface area contributed by atoms with E-state index in [0.29, 0.717) is 6.42 Å². The summed E-state index contributed by atoms with van der Waals surface area (Å²) in [6.45, 7) is 0. The van der Waals surface area contributed by atoms with E-state index < -0.39 is 5.25 Å². The monoisotopic (exact) mass is 257 g/mol. The van der Waals surface area contributed by atoms with E-state index in [1.807, 2.05) is 0 Å². The van der Waals surface area contributed by atoms with Crippen LogP contribution in [0.25, 0.3) is 0 Å². The minimum Gasteiger partial charge on any atom is -0.506 e. The van der Waals surface area contributed by atoms with Crippen molar-refractivity contribution < 1.29 is 14.7 Å². The Bertz CT molecular complexity index is 463. The van der Waals surface area contributed by atoms with Gasteiger partial charge in [-0.25, -0.2) is 0 Å². The number of hydrogen-bond donors (Lipinski definition) is 2. The van der Waals surface area contributed by atoms with Gasteiger partial charge in [0.2, 0.25) is 5.91 Å². The van der Waals surface area contributed by atoms with Gasteiger partial charge in [0.1, 0.15) is 5.75 Å². The summed E-state index contributed by atoms with van der Waals surface area (Å²) in [5.41, 5.74) is 0.810. The van der Waals surface area contributed by atoms with Gasteiger partial charge in [0.25, 0.3) is 5.24 Å². The van der Waals surface area contributed by atoms with E-state index in [9.17, 15) is 14.7 Å². The second kappa shape index (κ2) is 4.35. The number of benzene rings is 1. The van der Waals surface area contributed by atoms with Crippen LogP contribution in [0.3, 0.4) is 0 Å². The summed E-state index contributed by atoms with van der Waals surface area (Å²) in [6.07, 6.45) is 0.419. The molecule has 1 aliphatic heterocycles. The number of carbonyl (C=O) groups excluding carboxylic acids is 2. The predicted molar refractivity (Wildman–Crippen MR) is 61.7 cm³/mol. The SMILES string of the molecule is O=C1NC(=O)[C@@H](Cc2ccc(O)c(Cl)c2)S1. The van der Waals surface area contributed by atoms with E-state index in [1.54, 1.807) is 12.1 Å². The molecular weight excluding hydrogens is 250 g/mol. The molecule has 0 bridgehead atoms. The number of phenols is 1. The Labute approximate surface area is 101 Å². The first-order chi connectivity index (χ1) is 7.56. The molecule has 0 radical (unpaired) electrons. The maximum atomic E-state index is 11.3. The molecule has 6 heteroatoms. The highest BCUT2D eigenvalue weighted by Crippen LogP contribution is 2.27. The van der Waals surface area contributed by atoms with Crippen molar-refractivity contribution in [2.75, 3.05) is 0 Å². The molecule has 2 rings (SSSR count). The first-order valence-electron chi connectivity index (χ1n) is 4.55. The van der Waals surface area contributed by atoms with Crippen LogP contribution in [0.2, 0.25) is 5.02 Å². The van der Waals surface area contributed by atoms with E-state index >= 15 is 0 Å². The molecule has 0 saturated carbocycles. The van der Waals surface area contributed by atoms with Crippen LogP contribution in [0.15, 0.2) is 18.2 Å². The van der Waals surface area contributed by atoms with E-state index in [4.69, 9.17) is 11.6 Å². The number of aromatic hydroxyl groups is 1. The zero-order valence-corrected chi connectivity index (χ0v) is 9.64. The van der Waals surface area contributed by atoms with Gasteiger partial charge >= 0.3 is 0 Å². The fourth-order valence-corrected chi connectivity index (χ4v) is 2.48. The van der Waals surface area contributed by atoms with Gasteiger partial charge in [0.15, 0.2) is 0 Å². The summed E-state index contributed by atoms with van der Waals surface area (Å²) < 4.78 is 0. The number of nitrogens with one attached hydrogen (secondary N) is 1. The summed E-state index contributed by atoms with van der Waals surface area (Å²) in [5, 5.41) is 11.0. The maximum absolute atomic E-state index is 11.3. The van der Waals surface area contributed by atoms with Crippen molar-refractivity contribution in [2.24, 2.45) is 0 Å². The van der Waals surface area contributed by atoms with Crippen molar-refractivity contribution >= 4 is 34.5 Å².